The third-order valence-corrected chi connectivity index (χ3v) is 6.20. The first-order valence-corrected chi connectivity index (χ1v) is 10.9. The second-order valence-corrected chi connectivity index (χ2v) is 8.81. The van der Waals surface area contributed by atoms with E-state index in [0.717, 1.165) is 37.9 Å². The number of benzene rings is 2. The topological polar surface area (TPSA) is 75.7 Å². The smallest absolute Gasteiger partial charge is 0.261 e. The van der Waals surface area contributed by atoms with E-state index in [-0.39, 0.29) is 17.4 Å². The SMILES string of the molecule is Cc1ccc(NS(=O)(=O)c2ccc(OCC(=O)N3CCCCC3)c(C)c2)cc1. The van der Waals surface area contributed by atoms with Crippen LogP contribution in [0.5, 0.6) is 5.75 Å². The lowest BCUT2D eigenvalue weighted by Crippen LogP contribution is -2.38. The highest BCUT2D eigenvalue weighted by molar-refractivity contribution is 7.92. The van der Waals surface area contributed by atoms with Gasteiger partial charge in [-0.25, -0.2) is 8.42 Å². The zero-order chi connectivity index (χ0) is 20.1. The van der Waals surface area contributed by atoms with Gasteiger partial charge >= 0.3 is 0 Å². The molecule has 0 unspecified atom stereocenters. The van der Waals surface area contributed by atoms with Crippen molar-refractivity contribution in [1.29, 1.82) is 0 Å². The fourth-order valence-electron chi connectivity index (χ4n) is 3.16. The highest BCUT2D eigenvalue weighted by Crippen LogP contribution is 2.24. The molecule has 6 nitrogen and oxygen atoms in total. The molecule has 1 fully saturated rings. The van der Waals surface area contributed by atoms with Gasteiger partial charge in [0.2, 0.25) is 0 Å². The Morgan fingerprint density at radius 3 is 2.36 bits per heavy atom. The lowest BCUT2D eigenvalue weighted by atomic mass is 10.1. The lowest BCUT2D eigenvalue weighted by Gasteiger charge is -2.26. The summed E-state index contributed by atoms with van der Waals surface area (Å²) in [6, 6.07) is 11.8. The third kappa shape index (κ3) is 5.04. The molecule has 0 bridgehead atoms. The molecule has 1 amide bonds. The molecule has 150 valence electrons. The maximum atomic E-state index is 12.6. The second-order valence-electron chi connectivity index (χ2n) is 7.13. The number of nitrogens with one attached hydrogen (secondary N) is 1. The minimum absolute atomic E-state index is 0.0307. The highest BCUT2D eigenvalue weighted by Gasteiger charge is 2.19. The van der Waals surface area contributed by atoms with Gasteiger partial charge in [-0.3, -0.25) is 9.52 Å². The number of piperidine rings is 1. The van der Waals surface area contributed by atoms with Crippen molar-refractivity contribution in [3.8, 4) is 5.75 Å². The molecule has 0 aliphatic carbocycles. The summed E-state index contributed by atoms with van der Waals surface area (Å²) in [6.45, 7) is 5.24. The van der Waals surface area contributed by atoms with Crippen LogP contribution in [0.15, 0.2) is 47.4 Å². The number of carbonyl (C=O) groups excluding carboxylic acids is 1. The van der Waals surface area contributed by atoms with E-state index in [0.29, 0.717) is 17.0 Å². The molecule has 0 atom stereocenters. The van der Waals surface area contributed by atoms with Gasteiger partial charge in [-0.05, 0) is 69.0 Å². The van der Waals surface area contributed by atoms with Gasteiger partial charge in [-0.2, -0.15) is 0 Å². The quantitative estimate of drug-likeness (QED) is 0.802. The van der Waals surface area contributed by atoms with Crippen molar-refractivity contribution in [2.24, 2.45) is 0 Å². The number of rotatable bonds is 6. The fourth-order valence-corrected chi connectivity index (χ4v) is 4.30. The van der Waals surface area contributed by atoms with Crippen LogP contribution in [0.4, 0.5) is 5.69 Å². The minimum Gasteiger partial charge on any atom is -0.483 e. The first-order chi connectivity index (χ1) is 13.3. The zero-order valence-electron chi connectivity index (χ0n) is 16.3. The number of sulfonamides is 1. The average Bonchev–Trinajstić information content (AvgIpc) is 2.69. The van der Waals surface area contributed by atoms with E-state index in [9.17, 15) is 13.2 Å². The maximum absolute atomic E-state index is 12.6. The Labute approximate surface area is 166 Å². The molecule has 0 spiro atoms. The van der Waals surface area contributed by atoms with Crippen molar-refractivity contribution in [1.82, 2.24) is 4.90 Å². The highest BCUT2D eigenvalue weighted by atomic mass is 32.2. The fraction of sp³-hybridized carbons (Fsp3) is 0.381. The van der Waals surface area contributed by atoms with Gasteiger partial charge in [0.15, 0.2) is 6.61 Å². The Bertz CT molecular complexity index is 933. The van der Waals surface area contributed by atoms with Gasteiger partial charge in [-0.15, -0.1) is 0 Å². The van der Waals surface area contributed by atoms with Crippen molar-refractivity contribution >= 4 is 21.6 Å². The molecule has 2 aromatic rings. The normalized spacial score (nSPS) is 14.6. The third-order valence-electron chi connectivity index (χ3n) is 4.82. The molecule has 0 saturated carbocycles. The zero-order valence-corrected chi connectivity index (χ0v) is 17.1. The van der Waals surface area contributed by atoms with E-state index in [2.05, 4.69) is 4.72 Å². The molecule has 1 aliphatic rings. The number of carbonyl (C=O) groups is 1. The molecule has 0 radical (unpaired) electrons. The van der Waals surface area contributed by atoms with Crippen LogP contribution in [0.2, 0.25) is 0 Å². The molecular formula is C21H26N2O4S. The van der Waals surface area contributed by atoms with Crippen LogP contribution in [0.3, 0.4) is 0 Å². The number of likely N-dealkylation sites (tertiary alicyclic amines) is 1. The van der Waals surface area contributed by atoms with Crippen LogP contribution >= 0.6 is 0 Å². The largest absolute Gasteiger partial charge is 0.483 e. The Morgan fingerprint density at radius 1 is 1.04 bits per heavy atom. The van der Waals surface area contributed by atoms with Crippen LogP contribution in [0, 0.1) is 13.8 Å². The summed E-state index contributed by atoms with van der Waals surface area (Å²) in [4.78, 5) is 14.2. The molecule has 2 aromatic carbocycles. The standard InChI is InChI=1S/C21H26N2O4S/c1-16-6-8-18(9-7-16)22-28(25,26)19-10-11-20(17(2)14-19)27-15-21(24)23-12-4-3-5-13-23/h6-11,14,22H,3-5,12-13,15H2,1-2H3. The molecule has 0 aromatic heterocycles. The molecule has 1 saturated heterocycles. The summed E-state index contributed by atoms with van der Waals surface area (Å²) in [5.41, 5.74) is 2.23. The number of anilines is 1. The number of aryl methyl sites for hydroxylation is 2. The van der Waals surface area contributed by atoms with Crippen molar-refractivity contribution < 1.29 is 17.9 Å². The van der Waals surface area contributed by atoms with E-state index in [4.69, 9.17) is 4.74 Å². The van der Waals surface area contributed by atoms with E-state index >= 15 is 0 Å². The monoisotopic (exact) mass is 402 g/mol. The molecule has 3 rings (SSSR count). The summed E-state index contributed by atoms with van der Waals surface area (Å²) in [7, 11) is -3.69. The molecule has 1 N–H and O–H groups in total. The van der Waals surface area contributed by atoms with E-state index in [1.165, 1.54) is 6.07 Å². The predicted molar refractivity (Wildman–Crippen MR) is 109 cm³/mol. The number of nitrogens with zero attached hydrogens (tertiary/aromatic N) is 1. The Hall–Kier alpha value is -2.54. The van der Waals surface area contributed by atoms with Crippen LogP contribution in [-0.4, -0.2) is 38.9 Å². The van der Waals surface area contributed by atoms with Crippen molar-refractivity contribution in [2.45, 2.75) is 38.0 Å². The Morgan fingerprint density at radius 2 is 1.71 bits per heavy atom. The van der Waals surface area contributed by atoms with E-state index in [1.54, 1.807) is 31.2 Å². The first-order valence-electron chi connectivity index (χ1n) is 9.46. The number of ether oxygens (including phenoxy) is 1. The summed E-state index contributed by atoms with van der Waals surface area (Å²) < 4.78 is 33.4. The molecular weight excluding hydrogens is 376 g/mol. The van der Waals surface area contributed by atoms with Gasteiger partial charge in [0.25, 0.3) is 15.9 Å². The van der Waals surface area contributed by atoms with Gasteiger partial charge in [0.05, 0.1) is 4.90 Å². The van der Waals surface area contributed by atoms with E-state index in [1.807, 2.05) is 24.0 Å². The van der Waals surface area contributed by atoms with Crippen LogP contribution in [0.25, 0.3) is 0 Å². The summed E-state index contributed by atoms with van der Waals surface area (Å²) in [6.07, 6.45) is 3.23. The van der Waals surface area contributed by atoms with Gasteiger partial charge < -0.3 is 9.64 Å². The number of amides is 1. The first kappa shape index (κ1) is 20.2. The minimum atomic E-state index is -3.69. The van der Waals surface area contributed by atoms with Crippen molar-refractivity contribution in [3.63, 3.8) is 0 Å². The van der Waals surface area contributed by atoms with Gasteiger partial charge in [-0.1, -0.05) is 17.7 Å². The summed E-state index contributed by atoms with van der Waals surface area (Å²) in [5, 5.41) is 0. The molecule has 1 aliphatic heterocycles. The van der Waals surface area contributed by atoms with Gasteiger partial charge in [0, 0.05) is 18.8 Å². The molecule has 7 heteroatoms. The summed E-state index contributed by atoms with van der Waals surface area (Å²) >= 11 is 0. The average molecular weight is 403 g/mol. The van der Waals surface area contributed by atoms with Gasteiger partial charge in [0.1, 0.15) is 5.75 Å². The van der Waals surface area contributed by atoms with Crippen LogP contribution < -0.4 is 9.46 Å². The summed E-state index contributed by atoms with van der Waals surface area (Å²) in [5.74, 6) is 0.483. The molecule has 1 heterocycles. The van der Waals surface area contributed by atoms with Crippen LogP contribution in [-0.2, 0) is 14.8 Å². The Balaban J connectivity index is 1.65. The van der Waals surface area contributed by atoms with Crippen LogP contribution in [0.1, 0.15) is 30.4 Å². The number of hydrogen-bond acceptors (Lipinski definition) is 4. The molecule has 28 heavy (non-hydrogen) atoms. The van der Waals surface area contributed by atoms with E-state index < -0.39 is 10.0 Å². The van der Waals surface area contributed by atoms with Crippen molar-refractivity contribution in [3.05, 3.63) is 53.6 Å². The maximum Gasteiger partial charge on any atom is 0.261 e. The van der Waals surface area contributed by atoms with Crippen molar-refractivity contribution in [2.75, 3.05) is 24.4 Å². The Kier molecular flexibility index (Phi) is 6.24. The second kappa shape index (κ2) is 8.65. The lowest BCUT2D eigenvalue weighted by molar-refractivity contribution is -0.134. The number of hydrogen-bond donors (Lipinski definition) is 1. The predicted octanol–water partition coefficient (Wildman–Crippen LogP) is 3.50.